The molecule has 0 saturated carbocycles. The standard InChI is InChI=1S/C26H27N7O2/c1-32-11-10-23(31-32)19-13-17(22-7-3-8-24(30-22)21(27)6-4-12-34)14-25-20(19)15-28-33(25)26-9-2-5-18(16-35)29-26/h2-3,5,7-11,13-15,21,34-35H,4,6,12,16,27H2,1H3/t21-/m0/s1. The van der Waals surface area contributed by atoms with Crippen molar-refractivity contribution in [2.24, 2.45) is 12.8 Å². The molecular weight excluding hydrogens is 442 g/mol. The molecule has 1 atom stereocenters. The number of aliphatic hydroxyl groups excluding tert-OH is 2. The summed E-state index contributed by atoms with van der Waals surface area (Å²) < 4.78 is 3.53. The lowest BCUT2D eigenvalue weighted by Crippen LogP contribution is -2.12. The van der Waals surface area contributed by atoms with Crippen molar-refractivity contribution in [3.05, 3.63) is 78.4 Å². The zero-order valence-electron chi connectivity index (χ0n) is 19.4. The third kappa shape index (κ3) is 4.57. The van der Waals surface area contributed by atoms with E-state index in [2.05, 4.69) is 21.2 Å². The summed E-state index contributed by atoms with van der Waals surface area (Å²) in [6.07, 6.45) is 5.00. The first-order valence-corrected chi connectivity index (χ1v) is 11.5. The highest BCUT2D eigenvalue weighted by molar-refractivity contribution is 5.97. The smallest absolute Gasteiger partial charge is 0.154 e. The molecule has 0 radical (unpaired) electrons. The molecule has 5 rings (SSSR count). The molecule has 0 aliphatic rings. The molecule has 9 nitrogen and oxygen atoms in total. The average Bonchev–Trinajstić information content (AvgIpc) is 3.53. The van der Waals surface area contributed by atoms with Gasteiger partial charge in [0.1, 0.15) is 0 Å². The second kappa shape index (κ2) is 9.75. The van der Waals surface area contributed by atoms with Crippen molar-refractivity contribution in [3.8, 4) is 28.3 Å². The molecular formula is C26H27N7O2. The molecule has 0 aliphatic heterocycles. The van der Waals surface area contributed by atoms with Crippen LogP contribution in [0.25, 0.3) is 39.2 Å². The number of aromatic nitrogens is 6. The molecule has 35 heavy (non-hydrogen) atoms. The minimum atomic E-state index is -0.253. The Morgan fingerprint density at radius 2 is 1.86 bits per heavy atom. The van der Waals surface area contributed by atoms with Crippen molar-refractivity contribution in [2.75, 3.05) is 6.61 Å². The van der Waals surface area contributed by atoms with Gasteiger partial charge in [0, 0.05) is 42.4 Å². The number of nitrogens with zero attached hydrogens (tertiary/aromatic N) is 6. The van der Waals surface area contributed by atoms with Crippen LogP contribution in [-0.4, -0.2) is 46.3 Å². The maximum Gasteiger partial charge on any atom is 0.154 e. The minimum Gasteiger partial charge on any atom is -0.396 e. The van der Waals surface area contributed by atoms with Crippen LogP contribution in [0.5, 0.6) is 0 Å². The number of benzene rings is 1. The molecule has 178 valence electrons. The van der Waals surface area contributed by atoms with Gasteiger partial charge in [0.05, 0.1) is 41.1 Å². The number of hydrogen-bond acceptors (Lipinski definition) is 7. The van der Waals surface area contributed by atoms with Gasteiger partial charge in [0.2, 0.25) is 0 Å². The first-order valence-electron chi connectivity index (χ1n) is 11.5. The van der Waals surface area contributed by atoms with Gasteiger partial charge in [-0.1, -0.05) is 12.1 Å². The van der Waals surface area contributed by atoms with E-state index >= 15 is 0 Å². The van der Waals surface area contributed by atoms with Crippen LogP contribution in [0.1, 0.15) is 30.3 Å². The summed E-state index contributed by atoms with van der Waals surface area (Å²) in [4.78, 5) is 9.38. The topological polar surface area (TPSA) is 128 Å². The largest absolute Gasteiger partial charge is 0.396 e. The number of hydrogen-bond donors (Lipinski definition) is 3. The maximum atomic E-state index is 9.55. The molecule has 0 spiro atoms. The molecule has 0 unspecified atom stereocenters. The SMILES string of the molecule is Cn1ccc(-c2cc(-c3cccc([C@@H](N)CCCO)n3)cc3c2cnn3-c2cccc(CO)n2)n1. The summed E-state index contributed by atoms with van der Waals surface area (Å²) in [6.45, 7) is -0.0439. The van der Waals surface area contributed by atoms with Crippen LogP contribution in [-0.2, 0) is 13.7 Å². The Morgan fingerprint density at radius 3 is 2.63 bits per heavy atom. The van der Waals surface area contributed by atoms with Crippen molar-refractivity contribution < 1.29 is 10.2 Å². The van der Waals surface area contributed by atoms with Gasteiger partial charge in [-0.2, -0.15) is 10.2 Å². The molecule has 0 amide bonds. The zero-order valence-corrected chi connectivity index (χ0v) is 19.4. The van der Waals surface area contributed by atoms with Crippen LogP contribution >= 0.6 is 0 Å². The minimum absolute atomic E-state index is 0.104. The monoisotopic (exact) mass is 469 g/mol. The van der Waals surface area contributed by atoms with Gasteiger partial charge < -0.3 is 15.9 Å². The summed E-state index contributed by atoms with van der Waals surface area (Å²) in [6, 6.07) is 17.1. The van der Waals surface area contributed by atoms with Crippen LogP contribution < -0.4 is 5.73 Å². The van der Waals surface area contributed by atoms with Crippen LogP contribution in [0.4, 0.5) is 0 Å². The molecule has 0 aliphatic carbocycles. The second-order valence-electron chi connectivity index (χ2n) is 8.45. The van der Waals surface area contributed by atoms with Gasteiger partial charge in [0.15, 0.2) is 5.82 Å². The van der Waals surface area contributed by atoms with E-state index in [1.165, 1.54) is 0 Å². The van der Waals surface area contributed by atoms with Gasteiger partial charge in [0.25, 0.3) is 0 Å². The Labute approximate surface area is 202 Å². The highest BCUT2D eigenvalue weighted by Crippen LogP contribution is 2.34. The predicted octanol–water partition coefficient (Wildman–Crippen LogP) is 3.15. The Morgan fingerprint density at radius 1 is 1.00 bits per heavy atom. The van der Waals surface area contributed by atoms with E-state index in [0.29, 0.717) is 24.4 Å². The van der Waals surface area contributed by atoms with Crippen LogP contribution in [0.3, 0.4) is 0 Å². The maximum absolute atomic E-state index is 9.55. The first kappa shape index (κ1) is 22.9. The Bertz CT molecular complexity index is 1470. The molecule has 4 heterocycles. The van der Waals surface area contributed by atoms with E-state index in [9.17, 15) is 5.11 Å². The highest BCUT2D eigenvalue weighted by Gasteiger charge is 2.17. The van der Waals surface area contributed by atoms with E-state index in [1.54, 1.807) is 15.4 Å². The second-order valence-corrected chi connectivity index (χ2v) is 8.45. The normalized spacial score (nSPS) is 12.3. The van der Waals surface area contributed by atoms with Crippen molar-refractivity contribution in [1.29, 1.82) is 0 Å². The van der Waals surface area contributed by atoms with Gasteiger partial charge in [-0.25, -0.2) is 9.67 Å². The summed E-state index contributed by atoms with van der Waals surface area (Å²) in [7, 11) is 1.89. The predicted molar refractivity (Wildman–Crippen MR) is 133 cm³/mol. The van der Waals surface area contributed by atoms with E-state index in [-0.39, 0.29) is 19.3 Å². The first-order chi connectivity index (χ1) is 17.1. The van der Waals surface area contributed by atoms with Crippen LogP contribution in [0, 0.1) is 0 Å². The van der Waals surface area contributed by atoms with Crippen molar-refractivity contribution in [2.45, 2.75) is 25.5 Å². The third-order valence-corrected chi connectivity index (χ3v) is 5.97. The van der Waals surface area contributed by atoms with Crippen molar-refractivity contribution in [3.63, 3.8) is 0 Å². The number of fused-ring (bicyclic) bond motifs is 1. The molecule has 0 bridgehead atoms. The number of aliphatic hydroxyl groups is 2. The van der Waals surface area contributed by atoms with E-state index in [1.807, 2.05) is 61.9 Å². The van der Waals surface area contributed by atoms with Gasteiger partial charge in [-0.05, 0) is 55.3 Å². The molecule has 5 aromatic rings. The lowest BCUT2D eigenvalue weighted by Gasteiger charge is -2.13. The lowest BCUT2D eigenvalue weighted by molar-refractivity contribution is 0.276. The van der Waals surface area contributed by atoms with E-state index < -0.39 is 0 Å². The number of pyridine rings is 2. The third-order valence-electron chi connectivity index (χ3n) is 5.97. The van der Waals surface area contributed by atoms with Gasteiger partial charge in [-0.15, -0.1) is 0 Å². The fourth-order valence-corrected chi connectivity index (χ4v) is 4.18. The van der Waals surface area contributed by atoms with Crippen LogP contribution in [0.15, 0.2) is 67.0 Å². The fraction of sp³-hybridized carbons (Fsp3) is 0.231. The average molecular weight is 470 g/mol. The molecule has 0 fully saturated rings. The summed E-state index contributed by atoms with van der Waals surface area (Å²) >= 11 is 0. The van der Waals surface area contributed by atoms with E-state index in [0.717, 1.165) is 39.1 Å². The van der Waals surface area contributed by atoms with Crippen molar-refractivity contribution >= 4 is 10.9 Å². The number of rotatable bonds is 8. The van der Waals surface area contributed by atoms with Crippen molar-refractivity contribution in [1.82, 2.24) is 29.5 Å². The lowest BCUT2D eigenvalue weighted by atomic mass is 10.0. The fourth-order valence-electron chi connectivity index (χ4n) is 4.18. The Hall–Kier alpha value is -3.92. The zero-order chi connectivity index (χ0) is 24.4. The molecule has 4 aromatic heterocycles. The van der Waals surface area contributed by atoms with Gasteiger partial charge >= 0.3 is 0 Å². The summed E-state index contributed by atoms with van der Waals surface area (Å²) in [5, 5.41) is 28.9. The quantitative estimate of drug-likeness (QED) is 0.318. The summed E-state index contributed by atoms with van der Waals surface area (Å²) in [5.41, 5.74) is 12.0. The Kier molecular flexibility index (Phi) is 6.37. The number of nitrogens with two attached hydrogens (primary N) is 1. The molecule has 4 N–H and O–H groups in total. The highest BCUT2D eigenvalue weighted by atomic mass is 16.3. The van der Waals surface area contributed by atoms with Crippen LogP contribution in [0.2, 0.25) is 0 Å². The number of aryl methyl sites for hydroxylation is 1. The van der Waals surface area contributed by atoms with E-state index in [4.69, 9.17) is 15.8 Å². The summed E-state index contributed by atoms with van der Waals surface area (Å²) in [5.74, 6) is 0.614. The molecule has 1 aromatic carbocycles. The van der Waals surface area contributed by atoms with Gasteiger partial charge in [-0.3, -0.25) is 9.67 Å². The Balaban J connectivity index is 1.68. The molecule has 9 heteroatoms. The molecule has 0 saturated heterocycles.